The van der Waals surface area contributed by atoms with Crippen LogP contribution >= 0.6 is 15.9 Å². The van der Waals surface area contributed by atoms with Gasteiger partial charge in [0.25, 0.3) is 0 Å². The number of halogens is 1. The molecular formula is C26H29BrN4O2. The highest BCUT2D eigenvalue weighted by atomic mass is 79.9. The Morgan fingerprint density at radius 3 is 1.70 bits per heavy atom. The quantitative estimate of drug-likeness (QED) is 0.278. The van der Waals surface area contributed by atoms with Gasteiger partial charge in [-0.05, 0) is 38.8 Å². The molecule has 0 bridgehead atoms. The van der Waals surface area contributed by atoms with Crippen molar-refractivity contribution >= 4 is 27.5 Å². The zero-order valence-corrected chi connectivity index (χ0v) is 21.0. The number of nitrogens with one attached hydrogen (secondary N) is 1. The number of aromatic nitrogens is 4. The number of hydrogen-bond donors (Lipinski definition) is 1. The maximum Gasteiger partial charge on any atom is 0.184 e. The van der Waals surface area contributed by atoms with Gasteiger partial charge in [0.15, 0.2) is 11.6 Å². The summed E-state index contributed by atoms with van der Waals surface area (Å²) in [5.74, 6) is 0.216. The first-order valence-electron chi connectivity index (χ1n) is 10.5. The van der Waals surface area contributed by atoms with Gasteiger partial charge in [-0.25, -0.2) is 0 Å². The fraction of sp³-hybridized carbons (Fsp3) is 0.231. The molecule has 0 saturated heterocycles. The summed E-state index contributed by atoms with van der Waals surface area (Å²) >= 11 is 3.12. The van der Waals surface area contributed by atoms with Crippen molar-refractivity contribution in [2.45, 2.75) is 34.2 Å². The number of aryl methyl sites for hydroxylation is 4. The minimum absolute atomic E-state index is 0.0862. The monoisotopic (exact) mass is 508 g/mol. The van der Waals surface area contributed by atoms with Gasteiger partial charge in [-0.15, -0.1) is 0 Å². The molecule has 0 aliphatic heterocycles. The highest BCUT2D eigenvalue weighted by Crippen LogP contribution is 2.06. The lowest BCUT2D eigenvalue weighted by Gasteiger charge is -2.01. The van der Waals surface area contributed by atoms with E-state index in [-0.39, 0.29) is 11.6 Å². The standard InChI is InChI=1S/C13H14N2O.C9H9BrO.C4H6N2/c1-10-3-5-12(6-4-10)13(16)9-15-8-11(2)7-14-15;1-7-2-4-8(5-3-7)9(11)6-10;1-4-2-5-6-3-4/h3-8H,9H2,1-2H3;2-5H,6H2,1H3;2-3H,1H3,(H,5,6). The minimum atomic E-state index is 0.0862. The predicted octanol–water partition coefficient (Wildman–Crippen LogP) is 5.67. The number of carbonyl (C=O) groups excluding carboxylic acids is 2. The van der Waals surface area contributed by atoms with E-state index in [1.165, 1.54) is 11.1 Å². The van der Waals surface area contributed by atoms with E-state index in [0.29, 0.717) is 11.9 Å². The lowest BCUT2D eigenvalue weighted by atomic mass is 10.1. The van der Waals surface area contributed by atoms with Crippen molar-refractivity contribution in [3.05, 3.63) is 107 Å². The third-order valence-electron chi connectivity index (χ3n) is 4.57. The highest BCUT2D eigenvalue weighted by Gasteiger charge is 2.06. The molecule has 4 aromatic rings. The van der Waals surface area contributed by atoms with Crippen molar-refractivity contribution < 1.29 is 9.59 Å². The summed E-state index contributed by atoms with van der Waals surface area (Å²) in [6.07, 6.45) is 7.24. The first kappa shape index (κ1) is 25.9. The van der Waals surface area contributed by atoms with Crippen molar-refractivity contribution in [1.82, 2.24) is 20.0 Å². The topological polar surface area (TPSA) is 80.6 Å². The van der Waals surface area contributed by atoms with E-state index < -0.39 is 0 Å². The van der Waals surface area contributed by atoms with E-state index in [1.54, 1.807) is 17.1 Å². The molecule has 172 valence electrons. The number of ketones is 2. The summed E-state index contributed by atoms with van der Waals surface area (Å²) in [4.78, 5) is 23.0. The molecule has 0 fully saturated rings. The van der Waals surface area contributed by atoms with Crippen LogP contribution in [-0.2, 0) is 6.54 Å². The first-order chi connectivity index (χ1) is 15.8. The molecule has 0 unspecified atom stereocenters. The Balaban J connectivity index is 0.000000195. The van der Waals surface area contributed by atoms with Crippen molar-refractivity contribution in [2.24, 2.45) is 0 Å². The van der Waals surface area contributed by atoms with Crippen LogP contribution in [0.4, 0.5) is 0 Å². The number of Topliss-reactive ketones (excluding diaryl/α,β-unsaturated/α-hetero) is 2. The van der Waals surface area contributed by atoms with E-state index >= 15 is 0 Å². The fourth-order valence-electron chi connectivity index (χ4n) is 2.66. The molecule has 4 rings (SSSR count). The zero-order valence-electron chi connectivity index (χ0n) is 19.4. The Kier molecular flexibility index (Phi) is 10.4. The van der Waals surface area contributed by atoms with Gasteiger partial charge >= 0.3 is 0 Å². The molecule has 2 aromatic carbocycles. The van der Waals surface area contributed by atoms with Crippen LogP contribution in [0.3, 0.4) is 0 Å². The van der Waals surface area contributed by atoms with Crippen LogP contribution in [0.5, 0.6) is 0 Å². The van der Waals surface area contributed by atoms with E-state index in [2.05, 4.69) is 31.2 Å². The van der Waals surface area contributed by atoms with Crippen LogP contribution in [-0.4, -0.2) is 36.9 Å². The lowest BCUT2D eigenvalue weighted by molar-refractivity contribution is 0.0966. The molecule has 1 N–H and O–H groups in total. The smallest absolute Gasteiger partial charge is 0.184 e. The van der Waals surface area contributed by atoms with Gasteiger partial charge in [0.1, 0.15) is 6.54 Å². The molecular weight excluding hydrogens is 480 g/mol. The van der Waals surface area contributed by atoms with E-state index in [9.17, 15) is 9.59 Å². The Bertz CT molecular complexity index is 1130. The Morgan fingerprint density at radius 1 is 0.788 bits per heavy atom. The molecule has 7 heteroatoms. The predicted molar refractivity (Wildman–Crippen MR) is 135 cm³/mol. The van der Waals surface area contributed by atoms with Gasteiger partial charge in [-0.3, -0.25) is 19.4 Å². The number of carbonyl (C=O) groups is 2. The molecule has 0 spiro atoms. The van der Waals surface area contributed by atoms with Gasteiger partial charge < -0.3 is 0 Å². The SMILES string of the molecule is Cc1ccc(C(=O)CBr)cc1.Cc1ccc(C(=O)Cn2cc(C)cn2)cc1.Cc1cn[nH]c1. The molecule has 2 aromatic heterocycles. The van der Waals surface area contributed by atoms with E-state index in [4.69, 9.17) is 0 Å². The molecule has 0 amide bonds. The van der Waals surface area contributed by atoms with Crippen LogP contribution in [0.15, 0.2) is 73.3 Å². The molecule has 6 nitrogen and oxygen atoms in total. The van der Waals surface area contributed by atoms with Gasteiger partial charge in [0.05, 0.1) is 17.7 Å². The van der Waals surface area contributed by atoms with Gasteiger partial charge in [-0.2, -0.15) is 10.2 Å². The molecule has 0 saturated carbocycles. The Morgan fingerprint density at radius 2 is 1.33 bits per heavy atom. The second kappa shape index (κ2) is 13.3. The van der Waals surface area contributed by atoms with Crippen LogP contribution in [0, 0.1) is 27.7 Å². The molecule has 0 radical (unpaired) electrons. The molecule has 0 atom stereocenters. The van der Waals surface area contributed by atoms with Crippen molar-refractivity contribution in [2.75, 3.05) is 5.33 Å². The Hall–Kier alpha value is -3.32. The average Bonchev–Trinajstić information content (AvgIpc) is 3.45. The van der Waals surface area contributed by atoms with Gasteiger partial charge in [0.2, 0.25) is 0 Å². The molecule has 2 heterocycles. The van der Waals surface area contributed by atoms with E-state index in [0.717, 1.165) is 22.3 Å². The summed E-state index contributed by atoms with van der Waals surface area (Å²) in [7, 11) is 0. The zero-order chi connectivity index (χ0) is 24.2. The third-order valence-corrected chi connectivity index (χ3v) is 5.08. The third kappa shape index (κ3) is 9.37. The number of benzene rings is 2. The highest BCUT2D eigenvalue weighted by molar-refractivity contribution is 9.09. The van der Waals surface area contributed by atoms with Crippen molar-refractivity contribution in [3.8, 4) is 0 Å². The number of aromatic amines is 1. The van der Waals surface area contributed by atoms with Gasteiger partial charge in [-0.1, -0.05) is 75.6 Å². The summed E-state index contributed by atoms with van der Waals surface area (Å²) in [5, 5.41) is 10.9. The maximum atomic E-state index is 11.9. The summed E-state index contributed by atoms with van der Waals surface area (Å²) < 4.78 is 1.66. The number of nitrogens with zero attached hydrogens (tertiary/aromatic N) is 3. The van der Waals surface area contributed by atoms with Crippen LogP contribution in [0.1, 0.15) is 43.0 Å². The molecule has 0 aliphatic rings. The Labute approximate surface area is 203 Å². The second-order valence-electron chi connectivity index (χ2n) is 7.70. The number of alkyl halides is 1. The summed E-state index contributed by atoms with van der Waals surface area (Å²) in [6.45, 7) is 8.26. The lowest BCUT2D eigenvalue weighted by Crippen LogP contribution is -2.10. The minimum Gasteiger partial charge on any atom is -0.293 e. The molecule has 0 aliphatic carbocycles. The summed E-state index contributed by atoms with van der Waals surface area (Å²) in [5.41, 5.74) is 6.08. The summed E-state index contributed by atoms with van der Waals surface area (Å²) in [6, 6.07) is 15.2. The fourth-order valence-corrected chi connectivity index (χ4v) is 2.99. The largest absolute Gasteiger partial charge is 0.293 e. The van der Waals surface area contributed by atoms with Crippen LogP contribution in [0.2, 0.25) is 0 Å². The van der Waals surface area contributed by atoms with Crippen LogP contribution in [0.25, 0.3) is 0 Å². The number of rotatable bonds is 5. The number of H-pyrrole nitrogens is 1. The second-order valence-corrected chi connectivity index (χ2v) is 8.26. The van der Waals surface area contributed by atoms with Gasteiger partial charge in [0, 0.05) is 23.5 Å². The van der Waals surface area contributed by atoms with Crippen LogP contribution < -0.4 is 0 Å². The average molecular weight is 509 g/mol. The maximum absolute atomic E-state index is 11.9. The van der Waals surface area contributed by atoms with Crippen molar-refractivity contribution in [1.29, 1.82) is 0 Å². The number of hydrogen-bond acceptors (Lipinski definition) is 4. The van der Waals surface area contributed by atoms with E-state index in [1.807, 2.05) is 88.6 Å². The normalized spacial score (nSPS) is 9.85. The van der Waals surface area contributed by atoms with Crippen molar-refractivity contribution in [3.63, 3.8) is 0 Å². The molecule has 33 heavy (non-hydrogen) atoms. The first-order valence-corrected chi connectivity index (χ1v) is 11.6.